The monoisotopic (exact) mass is 277 g/mol. The van der Waals surface area contributed by atoms with Crippen molar-refractivity contribution in [3.63, 3.8) is 0 Å². The smallest absolute Gasteiger partial charge is 0.339 e. The summed E-state index contributed by atoms with van der Waals surface area (Å²) in [5.41, 5.74) is 1.08. The summed E-state index contributed by atoms with van der Waals surface area (Å²) in [6.45, 7) is 0.501. The third-order valence-corrected chi connectivity index (χ3v) is 2.79. The van der Waals surface area contributed by atoms with Gasteiger partial charge in [0.15, 0.2) is 0 Å². The Morgan fingerprint density at radius 3 is 2.84 bits per heavy atom. The second kappa shape index (κ2) is 5.67. The maximum Gasteiger partial charge on any atom is 0.339 e. The summed E-state index contributed by atoms with van der Waals surface area (Å²) >= 11 is 5.83. The molecular formula is C13H12ClN3O2. The molecule has 0 saturated heterocycles. The Labute approximate surface area is 115 Å². The maximum atomic E-state index is 11.2. The first-order valence-corrected chi connectivity index (χ1v) is 5.95. The molecular weight excluding hydrogens is 266 g/mol. The number of anilines is 1. The fourth-order valence-corrected chi connectivity index (χ4v) is 1.87. The van der Waals surface area contributed by atoms with Gasteiger partial charge in [0.05, 0.1) is 0 Å². The number of aromatic carboxylic acids is 1. The topological polar surface area (TPSA) is 66.3 Å². The summed E-state index contributed by atoms with van der Waals surface area (Å²) in [5, 5.41) is 9.41. The predicted octanol–water partition coefficient (Wildman–Crippen LogP) is 2.46. The molecule has 2 heterocycles. The molecule has 0 radical (unpaired) electrons. The highest BCUT2D eigenvalue weighted by molar-refractivity contribution is 6.29. The number of rotatable bonds is 4. The van der Waals surface area contributed by atoms with Crippen molar-refractivity contribution in [3.05, 3.63) is 52.9 Å². The van der Waals surface area contributed by atoms with Crippen LogP contribution < -0.4 is 4.90 Å². The van der Waals surface area contributed by atoms with Crippen molar-refractivity contribution in [2.75, 3.05) is 11.9 Å². The van der Waals surface area contributed by atoms with Crippen LogP contribution in [0.4, 0.5) is 5.82 Å². The van der Waals surface area contributed by atoms with Gasteiger partial charge in [-0.15, -0.1) is 0 Å². The summed E-state index contributed by atoms with van der Waals surface area (Å²) < 4.78 is 0. The summed E-state index contributed by atoms with van der Waals surface area (Å²) in [4.78, 5) is 21.0. The van der Waals surface area contributed by atoms with Crippen molar-refractivity contribution in [3.8, 4) is 0 Å². The Bertz CT molecular complexity index is 590. The van der Waals surface area contributed by atoms with E-state index in [1.165, 1.54) is 12.1 Å². The van der Waals surface area contributed by atoms with Crippen LogP contribution in [0.15, 0.2) is 36.7 Å². The minimum absolute atomic E-state index is 0.121. The molecule has 2 aromatic rings. The van der Waals surface area contributed by atoms with Gasteiger partial charge in [-0.2, -0.15) is 0 Å². The van der Waals surface area contributed by atoms with Crippen molar-refractivity contribution in [1.82, 2.24) is 9.97 Å². The standard InChI is InChI=1S/C13H12ClN3O2/c1-17(8-9-3-2-6-15-7-9)12-10(13(18)19)4-5-11(14)16-12/h2-7H,8H2,1H3,(H,18,19). The molecule has 98 valence electrons. The normalized spacial score (nSPS) is 10.2. The molecule has 0 bridgehead atoms. The number of pyridine rings is 2. The molecule has 0 aliphatic heterocycles. The average Bonchev–Trinajstić information content (AvgIpc) is 2.39. The van der Waals surface area contributed by atoms with Crippen LogP contribution >= 0.6 is 11.6 Å². The van der Waals surface area contributed by atoms with Crippen LogP contribution in [-0.4, -0.2) is 28.1 Å². The van der Waals surface area contributed by atoms with Crippen LogP contribution in [0.1, 0.15) is 15.9 Å². The molecule has 0 aliphatic carbocycles. The Balaban J connectivity index is 2.30. The lowest BCUT2D eigenvalue weighted by molar-refractivity contribution is 0.0697. The first-order chi connectivity index (χ1) is 9.08. The number of aromatic nitrogens is 2. The summed E-state index contributed by atoms with van der Waals surface area (Å²) in [5.74, 6) is -0.693. The Hall–Kier alpha value is -2.14. The molecule has 0 fully saturated rings. The highest BCUT2D eigenvalue weighted by atomic mass is 35.5. The summed E-state index contributed by atoms with van der Waals surface area (Å²) in [6, 6.07) is 6.65. The van der Waals surface area contributed by atoms with E-state index in [1.54, 1.807) is 24.3 Å². The van der Waals surface area contributed by atoms with Gasteiger partial charge in [0.1, 0.15) is 16.5 Å². The van der Waals surface area contributed by atoms with E-state index < -0.39 is 5.97 Å². The van der Waals surface area contributed by atoms with Gasteiger partial charge < -0.3 is 10.0 Å². The molecule has 6 heteroatoms. The number of carboxylic acid groups (broad SMARTS) is 1. The molecule has 0 aromatic carbocycles. The summed E-state index contributed by atoms with van der Waals surface area (Å²) in [7, 11) is 1.76. The van der Waals surface area contributed by atoms with Gasteiger partial charge in [-0.3, -0.25) is 4.98 Å². The van der Waals surface area contributed by atoms with E-state index in [0.717, 1.165) is 5.56 Å². The van der Waals surface area contributed by atoms with Gasteiger partial charge >= 0.3 is 5.97 Å². The largest absolute Gasteiger partial charge is 0.478 e. The highest BCUT2D eigenvalue weighted by Crippen LogP contribution is 2.21. The van der Waals surface area contributed by atoms with Crippen LogP contribution in [0.25, 0.3) is 0 Å². The predicted molar refractivity (Wildman–Crippen MR) is 72.6 cm³/mol. The molecule has 0 unspecified atom stereocenters. The van der Waals surface area contributed by atoms with Crippen LogP contribution in [-0.2, 0) is 6.54 Å². The summed E-state index contributed by atoms with van der Waals surface area (Å²) in [6.07, 6.45) is 3.41. The highest BCUT2D eigenvalue weighted by Gasteiger charge is 2.16. The lowest BCUT2D eigenvalue weighted by Gasteiger charge is -2.20. The van der Waals surface area contributed by atoms with Crippen molar-refractivity contribution in [2.24, 2.45) is 0 Å². The van der Waals surface area contributed by atoms with Crippen LogP contribution in [0.3, 0.4) is 0 Å². The van der Waals surface area contributed by atoms with Gasteiger partial charge in [-0.25, -0.2) is 9.78 Å². The third-order valence-electron chi connectivity index (χ3n) is 2.58. The van der Waals surface area contributed by atoms with Crippen molar-refractivity contribution >= 4 is 23.4 Å². The fraction of sp³-hybridized carbons (Fsp3) is 0.154. The second-order valence-electron chi connectivity index (χ2n) is 4.03. The quantitative estimate of drug-likeness (QED) is 0.870. The van der Waals surface area contributed by atoms with Gasteiger partial charge in [0.2, 0.25) is 0 Å². The number of hydrogen-bond donors (Lipinski definition) is 1. The van der Waals surface area contributed by atoms with Gasteiger partial charge in [0, 0.05) is 26.0 Å². The number of hydrogen-bond acceptors (Lipinski definition) is 4. The van der Waals surface area contributed by atoms with Gasteiger partial charge in [-0.1, -0.05) is 17.7 Å². The molecule has 5 nitrogen and oxygen atoms in total. The Kier molecular flexibility index (Phi) is 3.97. The third kappa shape index (κ3) is 3.20. The first-order valence-electron chi connectivity index (χ1n) is 5.58. The molecule has 19 heavy (non-hydrogen) atoms. The molecule has 0 spiro atoms. The minimum atomic E-state index is -1.03. The van der Waals surface area contributed by atoms with Crippen molar-refractivity contribution in [1.29, 1.82) is 0 Å². The zero-order valence-electron chi connectivity index (χ0n) is 10.2. The lowest BCUT2D eigenvalue weighted by Crippen LogP contribution is -2.21. The molecule has 2 rings (SSSR count). The van der Waals surface area contributed by atoms with Crippen LogP contribution in [0, 0.1) is 0 Å². The fourth-order valence-electron chi connectivity index (χ4n) is 1.72. The molecule has 0 saturated carbocycles. The maximum absolute atomic E-state index is 11.2. The molecule has 2 aromatic heterocycles. The second-order valence-corrected chi connectivity index (χ2v) is 4.41. The zero-order chi connectivity index (χ0) is 13.8. The average molecular weight is 278 g/mol. The zero-order valence-corrected chi connectivity index (χ0v) is 11.0. The van der Waals surface area contributed by atoms with Crippen molar-refractivity contribution < 1.29 is 9.90 Å². The van der Waals surface area contributed by atoms with E-state index in [1.807, 2.05) is 12.1 Å². The minimum Gasteiger partial charge on any atom is -0.478 e. The van der Waals surface area contributed by atoms with E-state index >= 15 is 0 Å². The van der Waals surface area contributed by atoms with E-state index in [-0.39, 0.29) is 10.7 Å². The molecule has 0 amide bonds. The number of carbonyl (C=O) groups is 1. The molecule has 0 atom stereocenters. The van der Waals surface area contributed by atoms with Crippen LogP contribution in [0.2, 0.25) is 5.15 Å². The van der Waals surface area contributed by atoms with E-state index in [2.05, 4.69) is 9.97 Å². The van der Waals surface area contributed by atoms with Crippen molar-refractivity contribution in [2.45, 2.75) is 6.54 Å². The number of carboxylic acids is 1. The van der Waals surface area contributed by atoms with E-state index in [0.29, 0.717) is 12.4 Å². The van der Waals surface area contributed by atoms with Gasteiger partial charge in [0.25, 0.3) is 0 Å². The van der Waals surface area contributed by atoms with Crippen LogP contribution in [0.5, 0.6) is 0 Å². The Morgan fingerprint density at radius 1 is 1.42 bits per heavy atom. The van der Waals surface area contributed by atoms with Gasteiger partial charge in [-0.05, 0) is 23.8 Å². The number of halogens is 1. The SMILES string of the molecule is CN(Cc1cccnc1)c1nc(Cl)ccc1C(=O)O. The number of nitrogens with zero attached hydrogens (tertiary/aromatic N) is 3. The lowest BCUT2D eigenvalue weighted by atomic mass is 10.2. The molecule has 0 aliphatic rings. The Morgan fingerprint density at radius 2 is 2.21 bits per heavy atom. The van der Waals surface area contributed by atoms with E-state index in [9.17, 15) is 4.79 Å². The molecule has 1 N–H and O–H groups in total. The first kappa shape index (κ1) is 13.3. The van der Waals surface area contributed by atoms with E-state index in [4.69, 9.17) is 16.7 Å².